The zero-order valence-corrected chi connectivity index (χ0v) is 23.7. The minimum Gasteiger partial charge on any atom is -0.454 e. The first-order valence-corrected chi connectivity index (χ1v) is 13.9. The van der Waals surface area contributed by atoms with E-state index in [1.807, 2.05) is 0 Å². The van der Waals surface area contributed by atoms with Gasteiger partial charge >= 0.3 is 0 Å². The van der Waals surface area contributed by atoms with Crippen LogP contribution in [0.4, 0.5) is 0 Å². The fraction of sp³-hybridized carbons (Fsp3) is 0. The lowest BCUT2D eigenvalue weighted by Gasteiger charge is -2.12. The molecule has 3 heterocycles. The number of hydrogen-bond acceptors (Lipinski definition) is 4. The van der Waals surface area contributed by atoms with Crippen molar-refractivity contribution in [3.63, 3.8) is 0 Å². The van der Waals surface area contributed by atoms with Crippen LogP contribution in [0.25, 0.3) is 94.4 Å². The maximum atomic E-state index is 9.85. The standard InChI is InChI=1S/C43H26N4O/c1-3-13-27(14-4-1)41-44-42(28-15-5-2-6-16-28)46-43(45-41)33-23-24-36(40-39(33)32-20-10-12-22-38(32)48-40)47-35-21-11-9-19-31(35)34-25-29-17-7-8-18-30(29)26-37(34)47/h1-26H/i1D,2D,3D,4D,5D,6D,7D,8D,9D,10D,11D,12D,13D,14D,15D,16D,17D,18D,19D,20D,21D,22D,23D,24D,25D,26D. The molecule has 10 rings (SSSR count). The van der Waals surface area contributed by atoms with Gasteiger partial charge in [-0.3, -0.25) is 0 Å². The maximum absolute atomic E-state index is 9.85. The van der Waals surface area contributed by atoms with Crippen molar-refractivity contribution in [1.82, 2.24) is 19.5 Å². The van der Waals surface area contributed by atoms with Crippen molar-refractivity contribution in [3.8, 4) is 39.9 Å². The molecule has 0 bridgehead atoms. The molecular formula is C43H26N4O. The number of nitrogens with zero attached hydrogens (tertiary/aromatic N) is 4. The first-order chi connectivity index (χ1) is 34.6. The van der Waals surface area contributed by atoms with Crippen molar-refractivity contribution in [2.75, 3.05) is 0 Å². The fourth-order valence-electron chi connectivity index (χ4n) is 5.43. The lowest BCUT2D eigenvalue weighted by molar-refractivity contribution is 0.666. The number of hydrogen-bond donors (Lipinski definition) is 0. The van der Waals surface area contributed by atoms with Crippen LogP contribution in [0.2, 0.25) is 0 Å². The van der Waals surface area contributed by atoms with Gasteiger partial charge in [-0.25, -0.2) is 15.0 Å². The average Bonchev–Trinajstić information content (AvgIpc) is 3.94. The van der Waals surface area contributed by atoms with Crippen molar-refractivity contribution < 1.29 is 40.1 Å². The number of aromatic nitrogens is 4. The molecule has 0 N–H and O–H groups in total. The fourth-order valence-corrected chi connectivity index (χ4v) is 5.43. The van der Waals surface area contributed by atoms with Gasteiger partial charge in [0.2, 0.25) is 0 Å². The first kappa shape index (κ1) is 11.6. The summed E-state index contributed by atoms with van der Waals surface area (Å²) in [6.45, 7) is 0. The van der Waals surface area contributed by atoms with Gasteiger partial charge in [0.25, 0.3) is 0 Å². The summed E-state index contributed by atoms with van der Waals surface area (Å²) < 4.78 is 237. The smallest absolute Gasteiger partial charge is 0.164 e. The molecule has 0 aliphatic heterocycles. The van der Waals surface area contributed by atoms with Gasteiger partial charge in [0.1, 0.15) is 5.58 Å². The number of furan rings is 1. The van der Waals surface area contributed by atoms with Gasteiger partial charge in [-0.15, -0.1) is 0 Å². The van der Waals surface area contributed by atoms with E-state index >= 15 is 0 Å². The van der Waals surface area contributed by atoms with E-state index in [2.05, 4.69) is 15.0 Å². The van der Waals surface area contributed by atoms with Gasteiger partial charge in [0.05, 0.1) is 52.4 Å². The molecule has 0 spiro atoms. The highest BCUT2D eigenvalue weighted by atomic mass is 16.3. The quantitative estimate of drug-likeness (QED) is 0.192. The van der Waals surface area contributed by atoms with E-state index in [1.165, 1.54) is 0 Å². The third-order valence-electron chi connectivity index (χ3n) is 7.42. The van der Waals surface area contributed by atoms with E-state index in [1.54, 1.807) is 0 Å². The lowest BCUT2D eigenvalue weighted by Crippen LogP contribution is -2.01. The summed E-state index contributed by atoms with van der Waals surface area (Å²) >= 11 is 0. The molecule has 0 unspecified atom stereocenters. The van der Waals surface area contributed by atoms with E-state index in [4.69, 9.17) is 31.8 Å². The molecule has 7 aromatic carbocycles. The van der Waals surface area contributed by atoms with Crippen LogP contribution in [0.15, 0.2) is 162 Å². The Morgan fingerprint density at radius 1 is 0.479 bits per heavy atom. The Labute approximate surface area is 311 Å². The molecule has 48 heavy (non-hydrogen) atoms. The summed E-state index contributed by atoms with van der Waals surface area (Å²) in [7, 11) is 0. The molecule has 224 valence electrons. The second kappa shape index (κ2) is 10.5. The van der Waals surface area contributed by atoms with Crippen LogP contribution in [-0.2, 0) is 0 Å². The van der Waals surface area contributed by atoms with Crippen molar-refractivity contribution in [2.45, 2.75) is 0 Å². The second-order valence-electron chi connectivity index (χ2n) is 10.1. The normalized spacial score (nSPS) is 19.3. The first-order valence-electron chi connectivity index (χ1n) is 26.9. The Morgan fingerprint density at radius 3 is 1.79 bits per heavy atom. The van der Waals surface area contributed by atoms with Gasteiger partial charge in [-0.05, 0) is 47.0 Å². The molecule has 0 aliphatic carbocycles. The Morgan fingerprint density at radius 2 is 1.06 bits per heavy atom. The molecule has 0 amide bonds. The zero-order valence-electron chi connectivity index (χ0n) is 49.7. The van der Waals surface area contributed by atoms with Gasteiger partial charge in [0.15, 0.2) is 23.1 Å². The predicted octanol–water partition coefficient (Wildman–Crippen LogP) is 11.0. The summed E-state index contributed by atoms with van der Waals surface area (Å²) in [6.07, 6.45) is 0. The zero-order chi connectivity index (χ0) is 54.2. The topological polar surface area (TPSA) is 56.7 Å². The van der Waals surface area contributed by atoms with Crippen LogP contribution in [-0.4, -0.2) is 19.5 Å². The molecule has 0 saturated carbocycles. The Kier molecular flexibility index (Phi) is 2.53. The molecule has 5 heteroatoms. The summed E-state index contributed by atoms with van der Waals surface area (Å²) in [5, 5.41) is -3.19. The third kappa shape index (κ3) is 4.08. The minimum absolute atomic E-state index is 0.484. The minimum atomic E-state index is -1.02. The molecule has 0 atom stereocenters. The van der Waals surface area contributed by atoms with Gasteiger partial charge in [-0.2, -0.15) is 0 Å². The van der Waals surface area contributed by atoms with Gasteiger partial charge < -0.3 is 8.98 Å². The van der Waals surface area contributed by atoms with Crippen molar-refractivity contribution >= 4 is 54.5 Å². The second-order valence-corrected chi connectivity index (χ2v) is 10.1. The summed E-state index contributed by atoms with van der Waals surface area (Å²) in [5.74, 6) is -2.47. The Bertz CT molecular complexity index is 4190. The molecule has 5 nitrogen and oxygen atoms in total. The molecule has 10 aromatic rings. The monoisotopic (exact) mass is 640 g/mol. The summed E-state index contributed by atoms with van der Waals surface area (Å²) in [4.78, 5) is 13.1. The maximum Gasteiger partial charge on any atom is 0.164 e. The van der Waals surface area contributed by atoms with Gasteiger partial charge in [0, 0.05) is 38.2 Å². The van der Waals surface area contributed by atoms with Crippen LogP contribution >= 0.6 is 0 Å². The van der Waals surface area contributed by atoms with Crippen molar-refractivity contribution in [2.24, 2.45) is 0 Å². The van der Waals surface area contributed by atoms with E-state index in [0.29, 0.717) is 0 Å². The van der Waals surface area contributed by atoms with Crippen molar-refractivity contribution in [1.29, 1.82) is 0 Å². The highest BCUT2D eigenvalue weighted by Gasteiger charge is 2.23. The van der Waals surface area contributed by atoms with Crippen LogP contribution in [0.3, 0.4) is 0 Å². The van der Waals surface area contributed by atoms with E-state index in [0.717, 1.165) is 4.57 Å². The van der Waals surface area contributed by atoms with Crippen molar-refractivity contribution in [3.05, 3.63) is 157 Å². The summed E-state index contributed by atoms with van der Waals surface area (Å²) in [5.41, 5.74) is -5.45. The largest absolute Gasteiger partial charge is 0.454 e. The number of rotatable bonds is 4. The lowest BCUT2D eigenvalue weighted by atomic mass is 10.0. The summed E-state index contributed by atoms with van der Waals surface area (Å²) in [6, 6.07) is -22.5. The van der Waals surface area contributed by atoms with E-state index in [9.17, 15) is 8.22 Å². The highest BCUT2D eigenvalue weighted by molar-refractivity contribution is 6.17. The van der Waals surface area contributed by atoms with Gasteiger partial charge in [-0.1, -0.05) is 121 Å². The average molecular weight is 641 g/mol. The van der Waals surface area contributed by atoms with Crippen LogP contribution in [0.5, 0.6) is 0 Å². The van der Waals surface area contributed by atoms with Crippen LogP contribution < -0.4 is 0 Å². The molecule has 0 radical (unpaired) electrons. The Hall–Kier alpha value is -6.59. The third-order valence-corrected chi connectivity index (χ3v) is 7.42. The Balaban J connectivity index is 1.49. The van der Waals surface area contributed by atoms with E-state index in [-0.39, 0.29) is 0 Å². The SMILES string of the molecule is [2H]c1c([2H])c([2H])c(-c2nc(-c3c([2H])c([2H])c([2H])c([2H])c3[2H])nc(-c3c([2H])c([2H])c(-n4c5c([2H])c([2H])c([2H])c([2H])c5c5c([2H])c6c([2H])c([2H])c([2H])c([2H])c6c([2H])c54)c4oc5c([2H])c([2H])c([2H])c([2H])c5c34)n2)c([2H])c1[2H]. The number of fused-ring (bicyclic) bond motifs is 7. The highest BCUT2D eigenvalue weighted by Crippen LogP contribution is 2.42. The van der Waals surface area contributed by atoms with E-state index < -0.39 is 251 Å². The predicted molar refractivity (Wildman–Crippen MR) is 195 cm³/mol. The molecule has 0 aliphatic rings. The number of para-hydroxylation sites is 2. The van der Waals surface area contributed by atoms with Crippen LogP contribution in [0.1, 0.15) is 35.6 Å². The molecular weight excluding hydrogens is 589 g/mol. The number of benzene rings is 7. The molecule has 3 aromatic heterocycles. The molecule has 0 fully saturated rings. The molecule has 0 saturated heterocycles. The van der Waals surface area contributed by atoms with Crippen LogP contribution in [0, 0.1) is 0 Å².